The molecule has 0 spiro atoms. The first-order valence-corrected chi connectivity index (χ1v) is 12.1. The second-order valence-electron chi connectivity index (χ2n) is 8.08. The summed E-state index contributed by atoms with van der Waals surface area (Å²) in [6, 6.07) is 0. The number of aliphatic hydroxyl groups excluding tert-OH is 2. The van der Waals surface area contributed by atoms with Gasteiger partial charge in [0.2, 0.25) is 0 Å². The van der Waals surface area contributed by atoms with Crippen molar-refractivity contribution in [1.29, 1.82) is 0 Å². The van der Waals surface area contributed by atoms with Gasteiger partial charge in [-0.25, -0.2) is 0 Å². The van der Waals surface area contributed by atoms with Crippen molar-refractivity contribution in [3.05, 3.63) is 23.8 Å². The lowest BCUT2D eigenvalue weighted by Crippen LogP contribution is -2.43. The summed E-state index contributed by atoms with van der Waals surface area (Å²) in [6.07, 6.45) is 9.70. The zero-order valence-corrected chi connectivity index (χ0v) is 22.3. The highest BCUT2D eigenvalue weighted by Crippen LogP contribution is 2.25. The lowest BCUT2D eigenvalue weighted by Gasteiger charge is -2.35. The number of aliphatic hydroxyl groups is 2. The smallest absolute Gasteiger partial charge is 0.105 e. The first-order valence-electron chi connectivity index (χ1n) is 12.1. The van der Waals surface area contributed by atoms with Gasteiger partial charge in [-0.1, -0.05) is 52.8 Å². The predicted molar refractivity (Wildman–Crippen MR) is 133 cm³/mol. The maximum atomic E-state index is 10.5. The van der Waals surface area contributed by atoms with Crippen LogP contribution in [0.15, 0.2) is 23.8 Å². The number of ether oxygens (including phenoxy) is 4. The number of hydrogen-bond donors (Lipinski definition) is 2. The van der Waals surface area contributed by atoms with Gasteiger partial charge in [0.15, 0.2) is 0 Å². The number of methoxy groups -OCH3 is 3. The van der Waals surface area contributed by atoms with E-state index in [9.17, 15) is 5.11 Å². The Morgan fingerprint density at radius 2 is 1.72 bits per heavy atom. The molecule has 0 bridgehead atoms. The fourth-order valence-corrected chi connectivity index (χ4v) is 3.87. The standard InChI is InChI=1S/C23H42O5.C2H6.CH4O/c1-8-21(26-6)17(3)12-13-20(24)16(2)10-9-11-18(4)23-22(27-7)14-19(25-5)15-28-23;2*1-2/h9-11,16-17,19-24H,8,12-15H2,1-7H3;1-2H3;2H,1H3/b10-9+,18-11+;;. The lowest BCUT2D eigenvalue weighted by molar-refractivity contribution is -0.129. The van der Waals surface area contributed by atoms with Gasteiger partial charge in [0.1, 0.15) is 6.10 Å². The number of hydrogen-bond acceptors (Lipinski definition) is 6. The van der Waals surface area contributed by atoms with E-state index in [0.717, 1.165) is 38.4 Å². The third kappa shape index (κ3) is 12.5. The van der Waals surface area contributed by atoms with Crippen LogP contribution in [0.3, 0.4) is 0 Å². The zero-order valence-electron chi connectivity index (χ0n) is 22.3. The van der Waals surface area contributed by atoms with Crippen LogP contribution in [0.1, 0.15) is 67.2 Å². The van der Waals surface area contributed by atoms with E-state index in [2.05, 4.69) is 39.8 Å². The van der Waals surface area contributed by atoms with Gasteiger partial charge in [-0.3, -0.25) is 0 Å². The predicted octanol–water partition coefficient (Wildman–Crippen LogP) is 4.78. The molecule has 7 unspecified atom stereocenters. The van der Waals surface area contributed by atoms with Gasteiger partial charge >= 0.3 is 0 Å². The lowest BCUT2D eigenvalue weighted by atomic mass is 9.91. The Balaban J connectivity index is 0. The van der Waals surface area contributed by atoms with Crippen LogP contribution < -0.4 is 0 Å². The second kappa shape index (κ2) is 20.8. The van der Waals surface area contributed by atoms with Gasteiger partial charge in [-0.2, -0.15) is 0 Å². The summed E-state index contributed by atoms with van der Waals surface area (Å²) in [4.78, 5) is 0. The molecule has 0 radical (unpaired) electrons. The van der Waals surface area contributed by atoms with Crippen LogP contribution in [0, 0.1) is 11.8 Å². The molecule has 7 atom stereocenters. The average molecular weight is 461 g/mol. The van der Waals surface area contributed by atoms with Crippen LogP contribution in [-0.4, -0.2) is 75.8 Å². The van der Waals surface area contributed by atoms with Crippen molar-refractivity contribution in [3.63, 3.8) is 0 Å². The SMILES string of the molecule is CC.CCC(OC)C(C)CCC(O)C(C)/C=C/C=C(\C)C1OCC(OC)CC1OC.CO. The van der Waals surface area contributed by atoms with Crippen molar-refractivity contribution in [2.45, 2.75) is 97.7 Å². The third-order valence-corrected chi connectivity index (χ3v) is 6.02. The van der Waals surface area contributed by atoms with Crippen LogP contribution in [0.5, 0.6) is 0 Å². The highest BCUT2D eigenvalue weighted by Gasteiger charge is 2.32. The quantitative estimate of drug-likeness (QED) is 0.408. The molecule has 0 aromatic heterocycles. The van der Waals surface area contributed by atoms with E-state index in [1.54, 1.807) is 21.3 Å². The molecule has 1 rings (SSSR count). The van der Waals surface area contributed by atoms with Crippen LogP contribution >= 0.6 is 0 Å². The van der Waals surface area contributed by atoms with E-state index in [-0.39, 0.29) is 36.4 Å². The van der Waals surface area contributed by atoms with E-state index in [0.29, 0.717) is 12.5 Å². The Morgan fingerprint density at radius 3 is 2.22 bits per heavy atom. The molecule has 1 heterocycles. The molecule has 1 aliphatic rings. The average Bonchev–Trinajstić information content (AvgIpc) is 2.84. The summed E-state index contributed by atoms with van der Waals surface area (Å²) in [5, 5.41) is 17.5. The molecule has 192 valence electrons. The van der Waals surface area contributed by atoms with Crippen LogP contribution in [0.4, 0.5) is 0 Å². The fourth-order valence-electron chi connectivity index (χ4n) is 3.87. The Kier molecular flexibility index (Phi) is 21.7. The molecule has 32 heavy (non-hydrogen) atoms. The minimum atomic E-state index is -0.345. The van der Waals surface area contributed by atoms with Gasteiger partial charge in [-0.05, 0) is 37.7 Å². The minimum absolute atomic E-state index is 0.000136. The zero-order chi connectivity index (χ0) is 25.1. The Labute approximate surface area is 198 Å². The van der Waals surface area contributed by atoms with Crippen LogP contribution in [-0.2, 0) is 18.9 Å². The largest absolute Gasteiger partial charge is 0.400 e. The Bertz CT molecular complexity index is 475. The molecule has 1 fully saturated rings. The second-order valence-corrected chi connectivity index (χ2v) is 8.08. The van der Waals surface area contributed by atoms with Crippen molar-refractivity contribution in [2.24, 2.45) is 11.8 Å². The van der Waals surface area contributed by atoms with Crippen molar-refractivity contribution in [3.8, 4) is 0 Å². The molecule has 0 aromatic carbocycles. The van der Waals surface area contributed by atoms with Gasteiger partial charge in [0, 0.05) is 40.8 Å². The van der Waals surface area contributed by atoms with Gasteiger partial charge < -0.3 is 29.2 Å². The van der Waals surface area contributed by atoms with E-state index < -0.39 is 0 Å². The molecular formula is C26H52O6. The van der Waals surface area contributed by atoms with Crippen molar-refractivity contribution in [2.75, 3.05) is 35.0 Å². The summed E-state index contributed by atoms with van der Waals surface area (Å²) in [5.41, 5.74) is 1.12. The number of allylic oxidation sites excluding steroid dienone is 2. The first kappa shape index (κ1) is 33.4. The summed E-state index contributed by atoms with van der Waals surface area (Å²) >= 11 is 0. The fraction of sp³-hybridized carbons (Fsp3) is 0.846. The first-order chi connectivity index (χ1) is 15.4. The van der Waals surface area contributed by atoms with Crippen molar-refractivity contribution < 1.29 is 29.2 Å². The highest BCUT2D eigenvalue weighted by atomic mass is 16.6. The maximum Gasteiger partial charge on any atom is 0.105 e. The monoisotopic (exact) mass is 460 g/mol. The summed E-state index contributed by atoms with van der Waals surface area (Å²) in [7, 11) is 6.19. The molecule has 6 heteroatoms. The Hall–Kier alpha value is -0.760. The topological polar surface area (TPSA) is 77.4 Å². The molecule has 0 amide bonds. The maximum absolute atomic E-state index is 10.5. The van der Waals surface area contributed by atoms with Crippen molar-refractivity contribution in [1.82, 2.24) is 0 Å². The van der Waals surface area contributed by atoms with Gasteiger partial charge in [0.05, 0.1) is 31.0 Å². The summed E-state index contributed by atoms with van der Waals surface area (Å²) < 4.78 is 22.4. The van der Waals surface area contributed by atoms with E-state index in [1.165, 1.54) is 0 Å². The minimum Gasteiger partial charge on any atom is -0.400 e. The van der Waals surface area contributed by atoms with Crippen LogP contribution in [0.25, 0.3) is 0 Å². The van der Waals surface area contributed by atoms with Crippen molar-refractivity contribution >= 4 is 0 Å². The molecule has 0 aliphatic carbocycles. The van der Waals surface area contributed by atoms with E-state index in [4.69, 9.17) is 24.1 Å². The molecule has 6 nitrogen and oxygen atoms in total. The molecule has 1 aliphatic heterocycles. The summed E-state index contributed by atoms with van der Waals surface area (Å²) in [5.74, 6) is 0.551. The molecule has 2 N–H and O–H groups in total. The van der Waals surface area contributed by atoms with E-state index in [1.807, 2.05) is 19.9 Å². The Morgan fingerprint density at radius 1 is 1.09 bits per heavy atom. The van der Waals surface area contributed by atoms with Gasteiger partial charge in [-0.15, -0.1) is 0 Å². The third-order valence-electron chi connectivity index (χ3n) is 6.02. The normalized spacial score (nSPS) is 25.1. The van der Waals surface area contributed by atoms with E-state index >= 15 is 0 Å². The highest BCUT2D eigenvalue weighted by molar-refractivity contribution is 5.17. The molecule has 1 saturated heterocycles. The number of rotatable bonds is 12. The summed E-state index contributed by atoms with van der Waals surface area (Å²) in [6.45, 7) is 13.0. The van der Waals surface area contributed by atoms with Gasteiger partial charge in [0.25, 0.3) is 0 Å². The molecule has 0 saturated carbocycles. The molecule has 0 aromatic rings. The van der Waals surface area contributed by atoms with Crippen LogP contribution in [0.2, 0.25) is 0 Å². The molecular weight excluding hydrogens is 408 g/mol.